The number of halogens is 4. The summed E-state index contributed by atoms with van der Waals surface area (Å²) in [5, 5.41) is 12.9. The molecule has 32 heavy (non-hydrogen) atoms. The standard InChI is InChI=1S/C21H15Cl3FN5OS/c1-12-28-29(11-26-14-3-6-19(25)18(24)9-14)21(32)30(12)27-10-15-4-7-20(31-15)16-5-2-13(22)8-17(16)23/h2-10,26H,11H2,1H3/b27-10+. The van der Waals surface area contributed by atoms with Crippen LogP contribution in [-0.4, -0.2) is 20.7 Å². The predicted octanol–water partition coefficient (Wildman–Crippen LogP) is 7.03. The van der Waals surface area contributed by atoms with E-state index in [2.05, 4.69) is 15.5 Å². The molecule has 1 N–H and O–H groups in total. The van der Waals surface area contributed by atoms with Crippen LogP contribution in [0.25, 0.3) is 11.3 Å². The van der Waals surface area contributed by atoms with Crippen molar-refractivity contribution in [3.05, 3.63) is 85.8 Å². The fourth-order valence-corrected chi connectivity index (χ4v) is 3.85. The lowest BCUT2D eigenvalue weighted by atomic mass is 10.2. The Hall–Kier alpha value is -2.65. The zero-order chi connectivity index (χ0) is 22.8. The van der Waals surface area contributed by atoms with Crippen molar-refractivity contribution in [3.8, 4) is 11.3 Å². The molecule has 0 bridgehead atoms. The van der Waals surface area contributed by atoms with Gasteiger partial charge in [-0.05, 0) is 67.7 Å². The van der Waals surface area contributed by atoms with E-state index >= 15 is 0 Å². The molecule has 0 radical (unpaired) electrons. The summed E-state index contributed by atoms with van der Waals surface area (Å²) in [5.74, 6) is 1.20. The van der Waals surface area contributed by atoms with Gasteiger partial charge in [0.1, 0.15) is 24.0 Å². The molecule has 0 aliphatic rings. The molecule has 0 aliphatic heterocycles. The van der Waals surface area contributed by atoms with Crippen LogP contribution < -0.4 is 5.32 Å². The lowest BCUT2D eigenvalue weighted by Crippen LogP contribution is -2.10. The van der Waals surface area contributed by atoms with Crippen molar-refractivity contribution < 1.29 is 8.81 Å². The first-order chi connectivity index (χ1) is 15.3. The topological polar surface area (TPSA) is 60.3 Å². The number of nitrogens with one attached hydrogen (secondary N) is 1. The first-order valence-electron chi connectivity index (χ1n) is 9.27. The highest BCUT2D eigenvalue weighted by Gasteiger charge is 2.10. The molecule has 0 atom stereocenters. The van der Waals surface area contributed by atoms with Crippen LogP contribution in [0.5, 0.6) is 0 Å². The van der Waals surface area contributed by atoms with Gasteiger partial charge in [-0.25, -0.2) is 9.07 Å². The van der Waals surface area contributed by atoms with Crippen LogP contribution >= 0.6 is 47.0 Å². The van der Waals surface area contributed by atoms with Gasteiger partial charge in [0.05, 0.1) is 16.3 Å². The van der Waals surface area contributed by atoms with E-state index in [0.717, 1.165) is 5.56 Å². The Balaban J connectivity index is 1.50. The second-order valence-corrected chi connectivity index (χ2v) is 8.29. The van der Waals surface area contributed by atoms with Gasteiger partial charge in [0, 0.05) is 16.3 Å². The van der Waals surface area contributed by atoms with E-state index in [1.165, 1.54) is 23.0 Å². The number of hydrogen-bond acceptors (Lipinski definition) is 5. The number of rotatable bonds is 6. The molecule has 0 aliphatic carbocycles. The molecular weight excluding hydrogens is 496 g/mol. The van der Waals surface area contributed by atoms with Crippen molar-refractivity contribution in [3.63, 3.8) is 0 Å². The van der Waals surface area contributed by atoms with Crippen molar-refractivity contribution >= 4 is 58.9 Å². The number of anilines is 1. The van der Waals surface area contributed by atoms with Gasteiger partial charge in [-0.1, -0.05) is 34.8 Å². The van der Waals surface area contributed by atoms with Crippen LogP contribution in [0.4, 0.5) is 10.1 Å². The summed E-state index contributed by atoms with van der Waals surface area (Å²) in [6, 6.07) is 13.1. The average molecular weight is 511 g/mol. The third-order valence-electron chi connectivity index (χ3n) is 4.45. The van der Waals surface area contributed by atoms with E-state index in [4.69, 9.17) is 51.4 Å². The maximum atomic E-state index is 13.3. The van der Waals surface area contributed by atoms with Crippen molar-refractivity contribution in [1.29, 1.82) is 0 Å². The monoisotopic (exact) mass is 509 g/mol. The smallest absolute Gasteiger partial charge is 0.220 e. The largest absolute Gasteiger partial charge is 0.455 e. The van der Waals surface area contributed by atoms with Gasteiger partial charge in [0.2, 0.25) is 4.77 Å². The molecule has 4 aromatic rings. The highest BCUT2D eigenvalue weighted by atomic mass is 35.5. The van der Waals surface area contributed by atoms with Crippen LogP contribution in [0.2, 0.25) is 15.1 Å². The first-order valence-corrected chi connectivity index (χ1v) is 10.8. The molecule has 4 rings (SSSR count). The summed E-state index contributed by atoms with van der Waals surface area (Å²) < 4.78 is 22.6. The summed E-state index contributed by atoms with van der Waals surface area (Å²) in [6.07, 6.45) is 1.54. The lowest BCUT2D eigenvalue weighted by molar-refractivity contribution is 0.574. The second kappa shape index (κ2) is 9.46. The maximum Gasteiger partial charge on any atom is 0.220 e. The molecule has 11 heteroatoms. The molecule has 0 spiro atoms. The molecule has 0 saturated heterocycles. The first kappa shape index (κ1) is 22.5. The minimum atomic E-state index is -0.484. The highest BCUT2D eigenvalue weighted by molar-refractivity contribution is 7.71. The zero-order valence-electron chi connectivity index (χ0n) is 16.5. The van der Waals surface area contributed by atoms with E-state index in [1.807, 2.05) is 0 Å². The Morgan fingerprint density at radius 3 is 2.69 bits per heavy atom. The van der Waals surface area contributed by atoms with Crippen molar-refractivity contribution in [1.82, 2.24) is 14.5 Å². The third-order valence-corrected chi connectivity index (χ3v) is 5.67. The lowest BCUT2D eigenvalue weighted by Gasteiger charge is -2.06. The van der Waals surface area contributed by atoms with E-state index < -0.39 is 5.82 Å². The Morgan fingerprint density at radius 1 is 1.12 bits per heavy atom. The van der Waals surface area contributed by atoms with Crippen LogP contribution in [0, 0.1) is 17.5 Å². The predicted molar refractivity (Wildman–Crippen MR) is 128 cm³/mol. The fourth-order valence-electron chi connectivity index (χ4n) is 2.89. The quantitative estimate of drug-likeness (QED) is 0.223. The summed E-state index contributed by atoms with van der Waals surface area (Å²) in [7, 11) is 0. The normalized spacial score (nSPS) is 11.4. The maximum absolute atomic E-state index is 13.3. The summed E-state index contributed by atoms with van der Waals surface area (Å²) in [5.41, 5.74) is 1.36. The minimum Gasteiger partial charge on any atom is -0.455 e. The zero-order valence-corrected chi connectivity index (χ0v) is 19.6. The SMILES string of the molecule is Cc1nn(CNc2ccc(F)c(Cl)c2)c(=S)n1/N=C/c1ccc(-c2ccc(Cl)cc2Cl)o1. The second-order valence-electron chi connectivity index (χ2n) is 6.68. The Kier molecular flexibility index (Phi) is 6.66. The average Bonchev–Trinajstić information content (AvgIpc) is 3.32. The Morgan fingerprint density at radius 2 is 1.94 bits per heavy atom. The van der Waals surface area contributed by atoms with Gasteiger partial charge in [-0.15, -0.1) is 0 Å². The number of nitrogens with zero attached hydrogens (tertiary/aromatic N) is 4. The van der Waals surface area contributed by atoms with Crippen molar-refractivity contribution in [2.24, 2.45) is 5.10 Å². The van der Waals surface area contributed by atoms with Crippen molar-refractivity contribution in [2.75, 3.05) is 5.32 Å². The van der Waals surface area contributed by atoms with Gasteiger partial charge in [-0.3, -0.25) is 0 Å². The van der Waals surface area contributed by atoms with Gasteiger partial charge in [-0.2, -0.15) is 14.9 Å². The molecule has 2 heterocycles. The number of hydrogen-bond donors (Lipinski definition) is 1. The number of aromatic nitrogens is 3. The third kappa shape index (κ3) is 4.88. The minimum absolute atomic E-state index is 0.0302. The highest BCUT2D eigenvalue weighted by Crippen LogP contribution is 2.31. The molecule has 0 saturated carbocycles. The molecule has 6 nitrogen and oxygen atoms in total. The van der Waals surface area contributed by atoms with E-state index in [-0.39, 0.29) is 11.7 Å². The number of benzene rings is 2. The molecule has 2 aromatic carbocycles. The van der Waals surface area contributed by atoms with Gasteiger partial charge in [0.15, 0.2) is 5.82 Å². The van der Waals surface area contributed by atoms with Crippen LogP contribution in [0.1, 0.15) is 11.6 Å². The van der Waals surface area contributed by atoms with Crippen LogP contribution in [0.3, 0.4) is 0 Å². The van der Waals surface area contributed by atoms with Crippen LogP contribution in [0.15, 0.2) is 58.0 Å². The summed E-state index contributed by atoms with van der Waals surface area (Å²) >= 11 is 23.5. The molecule has 0 unspecified atom stereocenters. The molecule has 164 valence electrons. The van der Waals surface area contributed by atoms with Gasteiger partial charge < -0.3 is 9.73 Å². The molecule has 0 fully saturated rings. The Labute approximate surface area is 202 Å². The van der Waals surface area contributed by atoms with Crippen molar-refractivity contribution in [2.45, 2.75) is 13.6 Å². The fraction of sp³-hybridized carbons (Fsp3) is 0.0952. The van der Waals surface area contributed by atoms with E-state index in [0.29, 0.717) is 37.8 Å². The van der Waals surface area contributed by atoms with Gasteiger partial charge >= 0.3 is 0 Å². The van der Waals surface area contributed by atoms with Gasteiger partial charge in [0.25, 0.3) is 0 Å². The molecule has 0 amide bonds. The Bertz CT molecular complexity index is 1380. The molecule has 2 aromatic heterocycles. The number of aryl methyl sites for hydroxylation is 1. The van der Waals surface area contributed by atoms with Crippen LogP contribution in [-0.2, 0) is 6.67 Å². The van der Waals surface area contributed by atoms with E-state index in [1.54, 1.807) is 48.0 Å². The van der Waals surface area contributed by atoms with E-state index in [9.17, 15) is 4.39 Å². The number of furan rings is 1. The summed E-state index contributed by atoms with van der Waals surface area (Å²) in [4.78, 5) is 0. The summed E-state index contributed by atoms with van der Waals surface area (Å²) in [6.45, 7) is 2.03. The molecular formula is C21H15Cl3FN5OS.